The monoisotopic (exact) mass is 510 g/mol. The van der Waals surface area contributed by atoms with E-state index in [0.29, 0.717) is 30.3 Å². The number of carbonyl (C=O) groups is 2. The molecule has 0 spiro atoms. The Kier molecular flexibility index (Phi) is 7.21. The number of hydrogen-bond acceptors (Lipinski definition) is 7. The summed E-state index contributed by atoms with van der Waals surface area (Å²) >= 11 is 0. The summed E-state index contributed by atoms with van der Waals surface area (Å²) in [6.07, 6.45) is 4.65. The lowest BCUT2D eigenvalue weighted by atomic mass is 9.94. The van der Waals surface area contributed by atoms with Gasteiger partial charge in [-0.1, -0.05) is 42.5 Å². The van der Waals surface area contributed by atoms with E-state index < -0.39 is 23.5 Å². The molecule has 0 aliphatic carbocycles. The van der Waals surface area contributed by atoms with E-state index in [4.69, 9.17) is 13.9 Å². The Hall–Kier alpha value is -4.85. The maximum atomic E-state index is 13.4. The van der Waals surface area contributed by atoms with Crippen molar-refractivity contribution >= 4 is 11.7 Å². The van der Waals surface area contributed by atoms with E-state index in [1.165, 1.54) is 17.2 Å². The van der Waals surface area contributed by atoms with Crippen molar-refractivity contribution in [2.75, 3.05) is 6.61 Å². The summed E-state index contributed by atoms with van der Waals surface area (Å²) in [6, 6.07) is 20.8. The number of Topliss-reactive ketones (excluding diaryl/α,β-unsaturated/α-hetero) is 1. The van der Waals surface area contributed by atoms with E-state index in [2.05, 4.69) is 4.98 Å². The lowest BCUT2D eigenvalue weighted by molar-refractivity contribution is -0.130. The number of furan rings is 1. The van der Waals surface area contributed by atoms with Crippen molar-refractivity contribution in [2.45, 2.75) is 26.1 Å². The normalized spacial score (nSPS) is 15.1. The SMILES string of the molecule is CCOc1cc(C2C(C(=O)c3ccco3)=C(O)C(=O)N2Cc2cccnc2)ccc1OCc1ccccc1. The highest BCUT2D eigenvalue weighted by Crippen LogP contribution is 2.42. The minimum atomic E-state index is -0.886. The van der Waals surface area contributed by atoms with Crippen molar-refractivity contribution in [3.8, 4) is 11.5 Å². The minimum Gasteiger partial charge on any atom is -0.503 e. The van der Waals surface area contributed by atoms with Crippen LogP contribution in [0, 0.1) is 0 Å². The Morgan fingerprint density at radius 1 is 1.00 bits per heavy atom. The molecule has 2 aromatic heterocycles. The van der Waals surface area contributed by atoms with Gasteiger partial charge < -0.3 is 23.9 Å². The van der Waals surface area contributed by atoms with Gasteiger partial charge in [0.25, 0.3) is 5.91 Å². The molecule has 0 saturated heterocycles. The standard InChI is InChI=1S/C30H26N2O6/c1-2-36-25-16-22(12-13-23(25)38-19-20-8-4-3-5-9-20)27-26(28(33)24-11-7-15-37-24)29(34)30(35)32(27)18-21-10-6-14-31-17-21/h3-17,27,34H,2,18-19H2,1H3. The van der Waals surface area contributed by atoms with Crippen LogP contribution in [0.4, 0.5) is 0 Å². The van der Waals surface area contributed by atoms with Gasteiger partial charge in [0.1, 0.15) is 6.61 Å². The van der Waals surface area contributed by atoms with Crippen molar-refractivity contribution in [2.24, 2.45) is 0 Å². The molecule has 0 bridgehead atoms. The molecule has 0 fully saturated rings. The van der Waals surface area contributed by atoms with Crippen LogP contribution in [0.15, 0.2) is 107 Å². The van der Waals surface area contributed by atoms with Crippen LogP contribution in [-0.2, 0) is 17.9 Å². The fourth-order valence-electron chi connectivity index (χ4n) is 4.44. The first-order chi connectivity index (χ1) is 18.6. The Bertz CT molecular complexity index is 1450. The number of amides is 1. The van der Waals surface area contributed by atoms with E-state index in [9.17, 15) is 14.7 Å². The van der Waals surface area contributed by atoms with E-state index >= 15 is 0 Å². The van der Waals surface area contributed by atoms with Gasteiger partial charge in [0.15, 0.2) is 23.0 Å². The van der Waals surface area contributed by atoms with Crippen molar-refractivity contribution in [1.29, 1.82) is 0 Å². The number of aliphatic hydroxyl groups excluding tert-OH is 1. The van der Waals surface area contributed by atoms with Gasteiger partial charge in [-0.25, -0.2) is 0 Å². The Labute approximate surface area is 219 Å². The van der Waals surface area contributed by atoms with Crippen LogP contribution in [0.2, 0.25) is 0 Å². The number of ketones is 1. The van der Waals surface area contributed by atoms with Crippen LogP contribution in [0.25, 0.3) is 0 Å². The van der Waals surface area contributed by atoms with Crippen LogP contribution in [0.1, 0.15) is 40.2 Å². The molecule has 1 aliphatic heterocycles. The molecule has 2 aromatic carbocycles. The summed E-state index contributed by atoms with van der Waals surface area (Å²) in [6.45, 7) is 2.72. The fraction of sp³-hybridized carbons (Fsp3) is 0.167. The van der Waals surface area contributed by atoms with Gasteiger partial charge >= 0.3 is 0 Å². The molecule has 0 radical (unpaired) electrons. The molecule has 8 nitrogen and oxygen atoms in total. The van der Waals surface area contributed by atoms with Gasteiger partial charge in [-0.2, -0.15) is 0 Å². The molecule has 8 heteroatoms. The molecule has 1 N–H and O–H groups in total. The smallest absolute Gasteiger partial charge is 0.290 e. The number of hydrogen-bond donors (Lipinski definition) is 1. The molecule has 1 unspecified atom stereocenters. The van der Waals surface area contributed by atoms with Crippen LogP contribution in [-0.4, -0.2) is 33.3 Å². The van der Waals surface area contributed by atoms with Crippen LogP contribution in [0.5, 0.6) is 11.5 Å². The van der Waals surface area contributed by atoms with Crippen LogP contribution < -0.4 is 9.47 Å². The molecule has 5 rings (SSSR count). The second kappa shape index (κ2) is 11.0. The minimum absolute atomic E-state index is 0.0282. The van der Waals surface area contributed by atoms with Crippen molar-refractivity contribution < 1.29 is 28.6 Å². The van der Waals surface area contributed by atoms with Crippen LogP contribution in [0.3, 0.4) is 0 Å². The molecule has 4 aromatic rings. The van der Waals surface area contributed by atoms with Crippen molar-refractivity contribution in [3.05, 3.63) is 125 Å². The molecule has 1 amide bonds. The highest BCUT2D eigenvalue weighted by molar-refractivity contribution is 6.15. The number of aliphatic hydroxyl groups is 1. The second-order valence-electron chi connectivity index (χ2n) is 8.68. The number of pyridine rings is 1. The zero-order valence-electron chi connectivity index (χ0n) is 20.7. The maximum absolute atomic E-state index is 13.4. The molecule has 0 saturated carbocycles. The van der Waals surface area contributed by atoms with E-state index in [0.717, 1.165) is 11.1 Å². The lowest BCUT2D eigenvalue weighted by Gasteiger charge is -2.27. The summed E-state index contributed by atoms with van der Waals surface area (Å²) in [5.74, 6) is -0.818. The zero-order valence-corrected chi connectivity index (χ0v) is 20.7. The Morgan fingerprint density at radius 2 is 1.82 bits per heavy atom. The van der Waals surface area contributed by atoms with Gasteiger partial charge in [0.05, 0.1) is 24.5 Å². The first-order valence-electron chi connectivity index (χ1n) is 12.2. The largest absolute Gasteiger partial charge is 0.503 e. The summed E-state index contributed by atoms with van der Waals surface area (Å²) in [5, 5.41) is 10.9. The number of benzene rings is 2. The third kappa shape index (κ3) is 5.01. The number of ether oxygens (including phenoxy) is 2. The number of nitrogens with zero attached hydrogens (tertiary/aromatic N) is 2. The summed E-state index contributed by atoms with van der Waals surface area (Å²) in [5.41, 5.74) is 2.27. The highest BCUT2D eigenvalue weighted by atomic mass is 16.5. The van der Waals surface area contributed by atoms with Crippen LogP contribution >= 0.6 is 0 Å². The first-order valence-corrected chi connectivity index (χ1v) is 12.2. The molecule has 1 aliphatic rings. The molecular formula is C30H26N2O6. The first kappa shape index (κ1) is 24.8. The van der Waals surface area contributed by atoms with Gasteiger partial charge in [0.2, 0.25) is 5.78 Å². The summed E-state index contributed by atoms with van der Waals surface area (Å²) < 4.78 is 17.2. The molecule has 192 valence electrons. The average molecular weight is 511 g/mol. The highest BCUT2D eigenvalue weighted by Gasteiger charge is 2.44. The Morgan fingerprint density at radius 3 is 2.53 bits per heavy atom. The zero-order chi connectivity index (χ0) is 26.5. The number of aromatic nitrogens is 1. The summed E-state index contributed by atoms with van der Waals surface area (Å²) in [7, 11) is 0. The van der Waals surface area contributed by atoms with Gasteiger partial charge in [-0.15, -0.1) is 0 Å². The predicted molar refractivity (Wildman–Crippen MR) is 139 cm³/mol. The van der Waals surface area contributed by atoms with E-state index in [1.54, 1.807) is 42.7 Å². The average Bonchev–Trinajstić information content (AvgIpc) is 3.57. The second-order valence-corrected chi connectivity index (χ2v) is 8.68. The molecule has 38 heavy (non-hydrogen) atoms. The molecule has 1 atom stereocenters. The Balaban J connectivity index is 1.53. The van der Waals surface area contributed by atoms with Crippen molar-refractivity contribution in [3.63, 3.8) is 0 Å². The van der Waals surface area contributed by atoms with Gasteiger partial charge in [-0.3, -0.25) is 14.6 Å². The molecular weight excluding hydrogens is 484 g/mol. The maximum Gasteiger partial charge on any atom is 0.290 e. The topological polar surface area (TPSA) is 102 Å². The van der Waals surface area contributed by atoms with Gasteiger partial charge in [-0.05, 0) is 53.9 Å². The lowest BCUT2D eigenvalue weighted by Crippen LogP contribution is -2.30. The number of rotatable bonds is 10. The van der Waals surface area contributed by atoms with E-state index in [-0.39, 0.29) is 17.9 Å². The molecule has 3 heterocycles. The fourth-order valence-corrected chi connectivity index (χ4v) is 4.44. The third-order valence-electron chi connectivity index (χ3n) is 6.19. The predicted octanol–water partition coefficient (Wildman–Crippen LogP) is 5.43. The third-order valence-corrected chi connectivity index (χ3v) is 6.19. The number of carbonyl (C=O) groups excluding carboxylic acids is 2. The van der Waals surface area contributed by atoms with Crippen molar-refractivity contribution in [1.82, 2.24) is 9.88 Å². The quantitative estimate of drug-likeness (QED) is 0.284. The van der Waals surface area contributed by atoms with Gasteiger partial charge in [0, 0.05) is 18.9 Å². The summed E-state index contributed by atoms with van der Waals surface area (Å²) in [4.78, 5) is 32.3. The van der Waals surface area contributed by atoms with E-state index in [1.807, 2.05) is 43.3 Å².